The van der Waals surface area contributed by atoms with Crippen molar-refractivity contribution in [1.29, 1.82) is 0 Å². The lowest BCUT2D eigenvalue weighted by molar-refractivity contribution is -0.132. The number of aliphatic hydroxyl groups excluding tert-OH is 1. The minimum Gasteiger partial charge on any atom is -0.394 e. The molecule has 0 aromatic heterocycles. The lowest BCUT2D eigenvalue weighted by atomic mass is 10.0. The van der Waals surface area contributed by atoms with Crippen LogP contribution < -0.4 is 0 Å². The molecule has 2 rings (SSSR count). The first-order valence-electron chi connectivity index (χ1n) is 7.79. The fourth-order valence-electron chi connectivity index (χ4n) is 2.58. The van der Waals surface area contributed by atoms with Gasteiger partial charge in [0.1, 0.15) is 0 Å². The summed E-state index contributed by atoms with van der Waals surface area (Å²) in [5.41, 5.74) is 0.880. The highest BCUT2D eigenvalue weighted by Gasteiger charge is 2.36. The largest absolute Gasteiger partial charge is 0.394 e. The Kier molecular flexibility index (Phi) is 4.86. The van der Waals surface area contributed by atoms with Crippen molar-refractivity contribution in [2.75, 3.05) is 20.2 Å². The molecule has 0 saturated heterocycles. The van der Waals surface area contributed by atoms with Crippen LogP contribution in [0.1, 0.15) is 52.4 Å². The summed E-state index contributed by atoms with van der Waals surface area (Å²) in [6, 6.07) is 0.428. The average Bonchev–Trinajstić information content (AvgIpc) is 3.24. The van der Waals surface area contributed by atoms with Crippen molar-refractivity contribution < 1.29 is 9.90 Å². The van der Waals surface area contributed by atoms with Gasteiger partial charge in [-0.05, 0) is 59.4 Å². The fourth-order valence-corrected chi connectivity index (χ4v) is 2.58. The Morgan fingerprint density at radius 2 is 2.10 bits per heavy atom. The molecular weight excluding hydrogens is 252 g/mol. The lowest BCUT2D eigenvalue weighted by Gasteiger charge is -2.36. The van der Waals surface area contributed by atoms with Gasteiger partial charge < -0.3 is 10.0 Å². The van der Waals surface area contributed by atoms with E-state index < -0.39 is 0 Å². The summed E-state index contributed by atoms with van der Waals surface area (Å²) in [6.07, 6.45) is 9.09. The third-order valence-electron chi connectivity index (χ3n) is 4.55. The SMILES string of the molecule is CN(CC(=O)N(C1=CCCCC1)C1CC1)C(C)(C)CO. The second-order valence-corrected chi connectivity index (χ2v) is 6.76. The standard InChI is InChI=1S/C16H28N2O2/c1-16(2,12-19)17(3)11-15(20)18(14-9-10-14)13-7-5-4-6-8-13/h7,14,19H,4-6,8-12H2,1-3H3. The number of rotatable bonds is 6. The summed E-state index contributed by atoms with van der Waals surface area (Å²) in [5.74, 6) is 0.185. The highest BCUT2D eigenvalue weighted by molar-refractivity contribution is 5.81. The molecule has 0 atom stereocenters. The predicted octanol–water partition coefficient (Wildman–Crippen LogP) is 2.14. The van der Waals surface area contributed by atoms with Crippen molar-refractivity contribution in [3.05, 3.63) is 11.8 Å². The second kappa shape index (κ2) is 6.27. The minimum atomic E-state index is -0.355. The molecular formula is C16H28N2O2. The summed E-state index contributed by atoms with van der Waals surface area (Å²) in [4.78, 5) is 16.7. The number of carbonyl (C=O) groups is 1. The second-order valence-electron chi connectivity index (χ2n) is 6.76. The van der Waals surface area contributed by atoms with Gasteiger partial charge in [-0.3, -0.25) is 9.69 Å². The van der Waals surface area contributed by atoms with Crippen LogP contribution in [0.5, 0.6) is 0 Å². The number of hydrogen-bond donors (Lipinski definition) is 1. The fraction of sp³-hybridized carbons (Fsp3) is 0.812. The number of nitrogens with zero attached hydrogens (tertiary/aromatic N) is 2. The van der Waals surface area contributed by atoms with E-state index >= 15 is 0 Å². The van der Waals surface area contributed by atoms with E-state index in [0.29, 0.717) is 12.6 Å². The Morgan fingerprint density at radius 1 is 1.40 bits per heavy atom. The molecule has 0 radical (unpaired) electrons. The molecule has 0 aromatic carbocycles. The molecule has 0 unspecified atom stereocenters. The van der Waals surface area contributed by atoms with Gasteiger partial charge in [-0.25, -0.2) is 0 Å². The maximum absolute atomic E-state index is 12.7. The summed E-state index contributed by atoms with van der Waals surface area (Å²) in [7, 11) is 1.91. The van der Waals surface area contributed by atoms with E-state index in [4.69, 9.17) is 0 Å². The number of likely N-dealkylation sites (N-methyl/N-ethyl adjacent to an activating group) is 1. The summed E-state index contributed by atoms with van der Waals surface area (Å²) < 4.78 is 0. The molecule has 20 heavy (non-hydrogen) atoms. The van der Waals surface area contributed by atoms with E-state index in [9.17, 15) is 9.90 Å². The van der Waals surface area contributed by atoms with E-state index in [1.54, 1.807) is 0 Å². The highest BCUT2D eigenvalue weighted by atomic mass is 16.3. The van der Waals surface area contributed by atoms with Crippen molar-refractivity contribution in [2.24, 2.45) is 0 Å². The number of hydrogen-bond acceptors (Lipinski definition) is 3. The van der Waals surface area contributed by atoms with E-state index in [-0.39, 0.29) is 18.1 Å². The van der Waals surface area contributed by atoms with Gasteiger partial charge in [-0.1, -0.05) is 6.08 Å². The molecule has 2 aliphatic carbocycles. The summed E-state index contributed by atoms with van der Waals surface area (Å²) in [5, 5.41) is 9.41. The molecule has 4 heteroatoms. The van der Waals surface area contributed by atoms with Crippen LogP contribution in [0.4, 0.5) is 0 Å². The van der Waals surface area contributed by atoms with Crippen LogP contribution in [0, 0.1) is 0 Å². The molecule has 1 fully saturated rings. The van der Waals surface area contributed by atoms with Gasteiger partial charge in [-0.2, -0.15) is 0 Å². The van der Waals surface area contributed by atoms with Gasteiger partial charge in [-0.15, -0.1) is 0 Å². The number of aliphatic hydroxyl groups is 1. The number of allylic oxidation sites excluding steroid dienone is 2. The molecule has 114 valence electrons. The van der Waals surface area contributed by atoms with Crippen LogP contribution in [0.2, 0.25) is 0 Å². The van der Waals surface area contributed by atoms with Crippen LogP contribution in [0.3, 0.4) is 0 Å². The van der Waals surface area contributed by atoms with Gasteiger partial charge in [0.15, 0.2) is 0 Å². The molecule has 2 aliphatic rings. The van der Waals surface area contributed by atoms with Gasteiger partial charge in [0.05, 0.1) is 13.2 Å². The first kappa shape index (κ1) is 15.5. The predicted molar refractivity (Wildman–Crippen MR) is 80.2 cm³/mol. The Balaban J connectivity index is 2.02. The van der Waals surface area contributed by atoms with E-state index in [0.717, 1.165) is 25.7 Å². The Hall–Kier alpha value is -0.870. The summed E-state index contributed by atoms with van der Waals surface area (Å²) in [6.45, 7) is 4.35. The third kappa shape index (κ3) is 3.61. The van der Waals surface area contributed by atoms with Crippen molar-refractivity contribution in [1.82, 2.24) is 9.80 Å². The zero-order valence-corrected chi connectivity index (χ0v) is 13.1. The molecule has 4 nitrogen and oxygen atoms in total. The van der Waals surface area contributed by atoms with Crippen LogP contribution in [0.15, 0.2) is 11.8 Å². The van der Waals surface area contributed by atoms with Gasteiger partial charge in [0, 0.05) is 17.3 Å². The highest BCUT2D eigenvalue weighted by Crippen LogP contribution is 2.34. The first-order valence-corrected chi connectivity index (χ1v) is 7.79. The Morgan fingerprint density at radius 3 is 2.60 bits per heavy atom. The minimum absolute atomic E-state index is 0.0584. The smallest absolute Gasteiger partial charge is 0.241 e. The monoisotopic (exact) mass is 280 g/mol. The zero-order valence-electron chi connectivity index (χ0n) is 13.1. The van der Waals surface area contributed by atoms with Crippen molar-refractivity contribution in [3.8, 4) is 0 Å². The van der Waals surface area contributed by atoms with Crippen molar-refractivity contribution in [3.63, 3.8) is 0 Å². The molecule has 1 saturated carbocycles. The molecule has 0 heterocycles. The van der Waals surface area contributed by atoms with Crippen LogP contribution in [-0.4, -0.2) is 52.6 Å². The maximum Gasteiger partial charge on any atom is 0.241 e. The van der Waals surface area contributed by atoms with Crippen LogP contribution in [0.25, 0.3) is 0 Å². The average molecular weight is 280 g/mol. The van der Waals surface area contributed by atoms with Crippen LogP contribution in [-0.2, 0) is 4.79 Å². The summed E-state index contributed by atoms with van der Waals surface area (Å²) >= 11 is 0. The van der Waals surface area contributed by atoms with E-state index in [1.165, 1.54) is 18.5 Å². The Labute approximate surface area is 122 Å². The molecule has 0 aromatic rings. The quantitative estimate of drug-likeness (QED) is 0.810. The van der Waals surface area contributed by atoms with Gasteiger partial charge in [0.25, 0.3) is 0 Å². The van der Waals surface area contributed by atoms with Gasteiger partial charge in [0.2, 0.25) is 5.91 Å². The van der Waals surface area contributed by atoms with E-state index in [1.807, 2.05) is 30.7 Å². The van der Waals surface area contributed by atoms with Crippen molar-refractivity contribution in [2.45, 2.75) is 64.0 Å². The molecule has 0 spiro atoms. The van der Waals surface area contributed by atoms with Gasteiger partial charge >= 0.3 is 0 Å². The van der Waals surface area contributed by atoms with Crippen LogP contribution >= 0.6 is 0 Å². The zero-order chi connectivity index (χ0) is 14.8. The maximum atomic E-state index is 12.7. The molecule has 1 amide bonds. The lowest BCUT2D eigenvalue weighted by Crippen LogP contribution is -2.49. The third-order valence-corrected chi connectivity index (χ3v) is 4.55. The normalized spacial score (nSPS) is 19.9. The number of amides is 1. The van der Waals surface area contributed by atoms with Crippen molar-refractivity contribution >= 4 is 5.91 Å². The first-order chi connectivity index (χ1) is 9.45. The topological polar surface area (TPSA) is 43.8 Å². The Bertz CT molecular complexity index is 386. The molecule has 0 bridgehead atoms. The number of carbonyl (C=O) groups excluding carboxylic acids is 1. The molecule has 1 N–H and O–H groups in total. The van der Waals surface area contributed by atoms with E-state index in [2.05, 4.69) is 6.08 Å². The molecule has 0 aliphatic heterocycles.